The minimum absolute atomic E-state index is 0.138. The van der Waals surface area contributed by atoms with E-state index in [4.69, 9.17) is 5.73 Å². The third-order valence-corrected chi connectivity index (χ3v) is 4.40. The Hall–Kier alpha value is -1.10. The first kappa shape index (κ1) is 15.3. The monoisotopic (exact) mass is 281 g/mol. The molecule has 2 unspecified atom stereocenters. The average molecular weight is 281 g/mol. The number of carbonyl (C=O) groups excluding carboxylic acids is 2. The van der Waals surface area contributed by atoms with Crippen molar-refractivity contribution < 1.29 is 9.59 Å². The van der Waals surface area contributed by atoms with Crippen molar-refractivity contribution in [3.8, 4) is 0 Å². The summed E-state index contributed by atoms with van der Waals surface area (Å²) in [6.45, 7) is 1.79. The van der Waals surface area contributed by atoms with E-state index in [1.54, 1.807) is 0 Å². The molecule has 0 bridgehead atoms. The van der Waals surface area contributed by atoms with E-state index in [0.29, 0.717) is 25.6 Å². The number of carbonyl (C=O) groups is 2. The van der Waals surface area contributed by atoms with Crippen LogP contribution < -0.4 is 16.4 Å². The average Bonchev–Trinajstić information content (AvgIpc) is 3.28. The van der Waals surface area contributed by atoms with Crippen molar-refractivity contribution in [2.45, 2.75) is 44.9 Å². The van der Waals surface area contributed by atoms with Gasteiger partial charge < -0.3 is 16.4 Å². The molecular weight excluding hydrogens is 254 g/mol. The Morgan fingerprint density at radius 1 is 0.950 bits per heavy atom. The zero-order chi connectivity index (χ0) is 14.4. The van der Waals surface area contributed by atoms with E-state index < -0.39 is 0 Å². The summed E-state index contributed by atoms with van der Waals surface area (Å²) in [5, 5.41) is 5.81. The predicted octanol–water partition coefficient (Wildman–Crippen LogP) is 0.784. The molecule has 2 fully saturated rings. The van der Waals surface area contributed by atoms with Crippen LogP contribution in [0.25, 0.3) is 0 Å². The molecule has 0 aromatic heterocycles. The second-order valence-corrected chi connectivity index (χ2v) is 6.16. The Labute approximate surface area is 121 Å². The van der Waals surface area contributed by atoms with Gasteiger partial charge in [0.15, 0.2) is 0 Å². The van der Waals surface area contributed by atoms with Crippen LogP contribution in [0.1, 0.15) is 44.9 Å². The SMILES string of the molecule is NCCC1CCCC(C(=O)NCCNC(=O)C2CC2)C1. The minimum Gasteiger partial charge on any atom is -0.354 e. The molecule has 0 radical (unpaired) electrons. The topological polar surface area (TPSA) is 84.2 Å². The van der Waals surface area contributed by atoms with E-state index in [1.807, 2.05) is 0 Å². The molecule has 2 aliphatic rings. The lowest BCUT2D eigenvalue weighted by molar-refractivity contribution is -0.127. The van der Waals surface area contributed by atoms with Gasteiger partial charge in [0, 0.05) is 24.9 Å². The van der Waals surface area contributed by atoms with Crippen LogP contribution in [-0.2, 0) is 9.59 Å². The minimum atomic E-state index is 0.138. The van der Waals surface area contributed by atoms with Crippen LogP contribution in [0, 0.1) is 17.8 Å². The standard InChI is InChI=1S/C15H27N3O2/c16-7-6-11-2-1-3-13(10-11)15(20)18-9-8-17-14(19)12-4-5-12/h11-13H,1-10,16H2,(H,17,19)(H,18,20). The molecule has 20 heavy (non-hydrogen) atoms. The van der Waals surface area contributed by atoms with Crippen molar-refractivity contribution in [2.24, 2.45) is 23.5 Å². The quantitative estimate of drug-likeness (QED) is 0.603. The van der Waals surface area contributed by atoms with Gasteiger partial charge in [-0.15, -0.1) is 0 Å². The molecule has 4 N–H and O–H groups in total. The summed E-state index contributed by atoms with van der Waals surface area (Å²) in [4.78, 5) is 23.5. The van der Waals surface area contributed by atoms with E-state index in [1.165, 1.54) is 6.42 Å². The highest BCUT2D eigenvalue weighted by molar-refractivity contribution is 5.81. The first-order valence-electron chi connectivity index (χ1n) is 7.96. The predicted molar refractivity (Wildman–Crippen MR) is 77.9 cm³/mol. The van der Waals surface area contributed by atoms with Crippen molar-refractivity contribution in [3.05, 3.63) is 0 Å². The lowest BCUT2D eigenvalue weighted by atomic mass is 9.79. The molecular formula is C15H27N3O2. The molecule has 0 heterocycles. The molecule has 0 aromatic rings. The maximum Gasteiger partial charge on any atom is 0.223 e. The Morgan fingerprint density at radius 2 is 1.60 bits per heavy atom. The molecule has 0 saturated heterocycles. The molecule has 114 valence electrons. The first-order chi connectivity index (χ1) is 9.70. The molecule has 5 heteroatoms. The Kier molecular flexibility index (Phi) is 5.83. The van der Waals surface area contributed by atoms with Gasteiger partial charge in [0.1, 0.15) is 0 Å². The van der Waals surface area contributed by atoms with Gasteiger partial charge in [-0.05, 0) is 44.6 Å². The van der Waals surface area contributed by atoms with Crippen LogP contribution in [0.2, 0.25) is 0 Å². The number of hydrogen-bond donors (Lipinski definition) is 3. The van der Waals surface area contributed by atoms with E-state index in [0.717, 1.165) is 38.5 Å². The van der Waals surface area contributed by atoms with Gasteiger partial charge in [0.25, 0.3) is 0 Å². The smallest absolute Gasteiger partial charge is 0.223 e. The van der Waals surface area contributed by atoms with Crippen molar-refractivity contribution in [1.82, 2.24) is 10.6 Å². The number of amides is 2. The fraction of sp³-hybridized carbons (Fsp3) is 0.867. The van der Waals surface area contributed by atoms with Crippen molar-refractivity contribution >= 4 is 11.8 Å². The summed E-state index contributed by atoms with van der Waals surface area (Å²) in [6.07, 6.45) is 7.35. The van der Waals surface area contributed by atoms with Crippen LogP contribution in [0.5, 0.6) is 0 Å². The van der Waals surface area contributed by atoms with Crippen LogP contribution in [0.15, 0.2) is 0 Å². The molecule has 5 nitrogen and oxygen atoms in total. The normalized spacial score (nSPS) is 26.1. The van der Waals surface area contributed by atoms with E-state index in [9.17, 15) is 9.59 Å². The van der Waals surface area contributed by atoms with Gasteiger partial charge in [-0.3, -0.25) is 9.59 Å². The van der Waals surface area contributed by atoms with Gasteiger partial charge in [-0.25, -0.2) is 0 Å². The third kappa shape index (κ3) is 4.78. The number of hydrogen-bond acceptors (Lipinski definition) is 3. The maximum atomic E-state index is 12.1. The second-order valence-electron chi connectivity index (χ2n) is 6.16. The number of nitrogens with two attached hydrogens (primary N) is 1. The molecule has 2 amide bonds. The van der Waals surface area contributed by atoms with Gasteiger partial charge in [-0.2, -0.15) is 0 Å². The van der Waals surface area contributed by atoms with E-state index in [-0.39, 0.29) is 23.7 Å². The van der Waals surface area contributed by atoms with Crippen LogP contribution in [0.4, 0.5) is 0 Å². The van der Waals surface area contributed by atoms with Crippen LogP contribution in [-0.4, -0.2) is 31.4 Å². The molecule has 2 atom stereocenters. The van der Waals surface area contributed by atoms with E-state index >= 15 is 0 Å². The first-order valence-corrected chi connectivity index (χ1v) is 7.96. The largest absolute Gasteiger partial charge is 0.354 e. The van der Waals surface area contributed by atoms with Crippen molar-refractivity contribution in [1.29, 1.82) is 0 Å². The van der Waals surface area contributed by atoms with Gasteiger partial charge in [0.2, 0.25) is 11.8 Å². The fourth-order valence-electron chi connectivity index (χ4n) is 3.03. The van der Waals surface area contributed by atoms with Gasteiger partial charge in [-0.1, -0.05) is 12.8 Å². The number of nitrogens with one attached hydrogen (secondary N) is 2. The molecule has 2 saturated carbocycles. The summed E-state index contributed by atoms with van der Waals surface area (Å²) in [7, 11) is 0. The maximum absolute atomic E-state index is 12.1. The summed E-state index contributed by atoms with van der Waals surface area (Å²) in [5.41, 5.74) is 5.60. The molecule has 0 spiro atoms. The summed E-state index contributed by atoms with van der Waals surface area (Å²) < 4.78 is 0. The van der Waals surface area contributed by atoms with Crippen LogP contribution in [0.3, 0.4) is 0 Å². The third-order valence-electron chi connectivity index (χ3n) is 4.40. The lowest BCUT2D eigenvalue weighted by Crippen LogP contribution is -2.39. The molecule has 2 rings (SSSR count). The van der Waals surface area contributed by atoms with Crippen LogP contribution >= 0.6 is 0 Å². The Morgan fingerprint density at radius 3 is 2.20 bits per heavy atom. The highest BCUT2D eigenvalue weighted by Gasteiger charge is 2.29. The Bertz CT molecular complexity index is 340. The summed E-state index contributed by atoms with van der Waals surface area (Å²) in [5.74, 6) is 1.27. The van der Waals surface area contributed by atoms with Crippen molar-refractivity contribution in [2.75, 3.05) is 19.6 Å². The zero-order valence-corrected chi connectivity index (χ0v) is 12.2. The lowest BCUT2D eigenvalue weighted by Gasteiger charge is -2.28. The molecule has 0 aromatic carbocycles. The summed E-state index contributed by atoms with van der Waals surface area (Å²) in [6, 6.07) is 0. The Balaban J connectivity index is 1.59. The molecule has 0 aliphatic heterocycles. The fourth-order valence-corrected chi connectivity index (χ4v) is 3.03. The highest BCUT2D eigenvalue weighted by Crippen LogP contribution is 2.31. The number of rotatable bonds is 7. The highest BCUT2D eigenvalue weighted by atomic mass is 16.2. The molecule has 2 aliphatic carbocycles. The van der Waals surface area contributed by atoms with Gasteiger partial charge >= 0.3 is 0 Å². The van der Waals surface area contributed by atoms with Crippen molar-refractivity contribution in [3.63, 3.8) is 0 Å². The van der Waals surface area contributed by atoms with E-state index in [2.05, 4.69) is 10.6 Å². The second kappa shape index (κ2) is 7.62. The van der Waals surface area contributed by atoms with Gasteiger partial charge in [0.05, 0.1) is 0 Å². The summed E-state index contributed by atoms with van der Waals surface area (Å²) >= 11 is 0. The zero-order valence-electron chi connectivity index (χ0n) is 12.2.